The van der Waals surface area contributed by atoms with Gasteiger partial charge in [-0.1, -0.05) is 6.42 Å². The second-order valence-electron chi connectivity index (χ2n) is 6.88. The van der Waals surface area contributed by atoms with Crippen LogP contribution in [0.15, 0.2) is 0 Å². The molecule has 12 heteroatoms. The van der Waals surface area contributed by atoms with Crippen molar-refractivity contribution in [3.63, 3.8) is 0 Å². The lowest BCUT2D eigenvalue weighted by Gasteiger charge is -2.27. The molecule has 25 heavy (non-hydrogen) atoms. The summed E-state index contributed by atoms with van der Waals surface area (Å²) in [6.45, 7) is 0.0782. The number of rotatable bonds is 10. The monoisotopic (exact) mass is 378 g/mol. The van der Waals surface area contributed by atoms with Gasteiger partial charge in [-0.3, -0.25) is 4.79 Å². The van der Waals surface area contributed by atoms with Gasteiger partial charge in [0.15, 0.2) is 0 Å². The molecule has 0 unspecified atom stereocenters. The maximum atomic E-state index is 12.9. The summed E-state index contributed by atoms with van der Waals surface area (Å²) in [6, 6.07) is -0.0749. The van der Waals surface area contributed by atoms with Gasteiger partial charge in [0.2, 0.25) is 0 Å². The van der Waals surface area contributed by atoms with Gasteiger partial charge in [-0.05, 0) is 25.6 Å². The molecule has 2 fully saturated rings. The number of carbonyl (C=O) groups is 1. The van der Waals surface area contributed by atoms with Crippen molar-refractivity contribution in [3.05, 3.63) is 0 Å². The number of nitrogens with zero attached hydrogens (tertiary/aromatic N) is 2. The first-order valence-electron chi connectivity index (χ1n) is 8.48. The minimum absolute atomic E-state index is 0.000445. The number of carboxylic acids is 1. The van der Waals surface area contributed by atoms with E-state index in [0.717, 1.165) is 17.1 Å². The molecule has 1 aliphatic heterocycles. The van der Waals surface area contributed by atoms with Crippen LogP contribution in [0.3, 0.4) is 0 Å². The molecule has 10 nitrogen and oxygen atoms in total. The SMILES string of the molecule is NCCN(C1CC1)S(=O)(=O)N1C[C@H](CCCB(O)O)[C@](N)(C(=O)O)C1. The second-order valence-corrected chi connectivity index (χ2v) is 8.77. The highest BCUT2D eigenvalue weighted by Crippen LogP contribution is 2.36. The third-order valence-corrected chi connectivity index (χ3v) is 6.93. The zero-order valence-corrected chi connectivity index (χ0v) is 14.9. The summed E-state index contributed by atoms with van der Waals surface area (Å²) in [6.07, 6.45) is 2.28. The third-order valence-electron chi connectivity index (χ3n) is 4.93. The summed E-state index contributed by atoms with van der Waals surface area (Å²) in [5.74, 6) is -1.85. The van der Waals surface area contributed by atoms with E-state index in [1.807, 2.05) is 0 Å². The Hall–Kier alpha value is -0.755. The largest absolute Gasteiger partial charge is 0.480 e. The molecule has 1 saturated heterocycles. The molecule has 144 valence electrons. The fourth-order valence-electron chi connectivity index (χ4n) is 3.33. The predicted molar refractivity (Wildman–Crippen MR) is 91.6 cm³/mol. The van der Waals surface area contributed by atoms with Crippen LogP contribution in [0, 0.1) is 5.92 Å². The van der Waals surface area contributed by atoms with Crippen LogP contribution in [-0.4, -0.2) is 83.0 Å². The van der Waals surface area contributed by atoms with Crippen molar-refractivity contribution in [2.75, 3.05) is 26.2 Å². The van der Waals surface area contributed by atoms with Crippen LogP contribution in [0.5, 0.6) is 0 Å². The Labute approximate surface area is 148 Å². The van der Waals surface area contributed by atoms with Crippen LogP contribution in [0.2, 0.25) is 6.32 Å². The average molecular weight is 378 g/mol. The molecule has 2 aliphatic rings. The molecule has 0 aromatic rings. The Morgan fingerprint density at radius 1 is 1.36 bits per heavy atom. The van der Waals surface area contributed by atoms with Crippen molar-refractivity contribution in [2.24, 2.45) is 17.4 Å². The average Bonchev–Trinajstić information content (AvgIpc) is 3.28. The van der Waals surface area contributed by atoms with Gasteiger partial charge < -0.3 is 26.6 Å². The van der Waals surface area contributed by atoms with Crippen LogP contribution in [0.4, 0.5) is 0 Å². The topological polar surface area (TPSA) is 170 Å². The van der Waals surface area contributed by atoms with Gasteiger partial charge in [0.1, 0.15) is 5.54 Å². The quantitative estimate of drug-likeness (QED) is 0.262. The Morgan fingerprint density at radius 3 is 2.48 bits per heavy atom. The molecule has 1 aliphatic carbocycles. The van der Waals surface area contributed by atoms with Gasteiger partial charge in [0, 0.05) is 38.1 Å². The number of carboxylic acid groups (broad SMARTS) is 1. The number of hydrogen-bond donors (Lipinski definition) is 5. The number of nitrogens with two attached hydrogens (primary N) is 2. The van der Waals surface area contributed by atoms with Gasteiger partial charge >= 0.3 is 13.1 Å². The molecule has 1 saturated carbocycles. The van der Waals surface area contributed by atoms with Crippen molar-refractivity contribution in [1.82, 2.24) is 8.61 Å². The zero-order chi connectivity index (χ0) is 18.8. The van der Waals surface area contributed by atoms with Crippen molar-refractivity contribution in [3.8, 4) is 0 Å². The molecule has 0 amide bonds. The molecular weight excluding hydrogens is 351 g/mol. The highest BCUT2D eigenvalue weighted by Gasteiger charge is 2.54. The lowest BCUT2D eigenvalue weighted by atomic mass is 9.78. The van der Waals surface area contributed by atoms with Crippen molar-refractivity contribution in [2.45, 2.75) is 43.6 Å². The summed E-state index contributed by atoms with van der Waals surface area (Å²) >= 11 is 0. The van der Waals surface area contributed by atoms with Crippen molar-refractivity contribution in [1.29, 1.82) is 0 Å². The molecule has 0 aromatic carbocycles. The molecular formula is C13H27BN4O6S. The molecule has 7 N–H and O–H groups in total. The zero-order valence-electron chi connectivity index (χ0n) is 14.1. The lowest BCUT2D eigenvalue weighted by Crippen LogP contribution is -2.55. The highest BCUT2D eigenvalue weighted by atomic mass is 32.2. The molecule has 1 heterocycles. The molecule has 0 bridgehead atoms. The maximum absolute atomic E-state index is 12.9. The van der Waals surface area contributed by atoms with E-state index in [1.165, 1.54) is 4.31 Å². The second kappa shape index (κ2) is 7.86. The molecule has 0 aromatic heterocycles. The summed E-state index contributed by atoms with van der Waals surface area (Å²) in [5, 5.41) is 27.4. The Balaban J connectivity index is 2.15. The van der Waals surface area contributed by atoms with Gasteiger partial charge in [-0.25, -0.2) is 0 Å². The van der Waals surface area contributed by atoms with Gasteiger partial charge in [0.25, 0.3) is 10.2 Å². The standard InChI is InChI=1S/C13H27BN4O6S/c15-6-7-18(11-3-4-11)25(23,24)17-8-10(2-1-5-14(21)22)13(16,9-17)12(19)20/h10-11,21-22H,1-9,15-16H2,(H,19,20)/t10-,13-/m0/s1. The number of hydrogen-bond acceptors (Lipinski definition) is 7. The highest BCUT2D eigenvalue weighted by molar-refractivity contribution is 7.86. The van der Waals surface area contributed by atoms with Gasteiger partial charge in [-0.2, -0.15) is 17.0 Å². The third kappa shape index (κ3) is 4.51. The summed E-state index contributed by atoms with van der Waals surface area (Å²) in [7, 11) is -5.31. The normalized spacial score (nSPS) is 27.8. The number of aliphatic carboxylic acids is 1. The molecule has 2 atom stereocenters. The van der Waals surface area contributed by atoms with E-state index in [2.05, 4.69) is 0 Å². The first-order valence-corrected chi connectivity index (χ1v) is 9.88. The van der Waals surface area contributed by atoms with Crippen LogP contribution in [-0.2, 0) is 15.0 Å². The van der Waals surface area contributed by atoms with E-state index < -0.39 is 34.8 Å². The fourth-order valence-corrected chi connectivity index (χ4v) is 5.30. The molecule has 0 spiro atoms. The fraction of sp³-hybridized carbons (Fsp3) is 0.923. The van der Waals surface area contributed by atoms with E-state index in [-0.39, 0.29) is 38.5 Å². The predicted octanol–water partition coefficient (Wildman–Crippen LogP) is -2.38. The Bertz CT molecular complexity index is 587. The molecule has 0 radical (unpaired) electrons. The van der Waals surface area contributed by atoms with Crippen LogP contribution in [0.1, 0.15) is 25.7 Å². The van der Waals surface area contributed by atoms with Gasteiger partial charge in [0.05, 0.1) is 0 Å². The molecule has 2 rings (SSSR count). The first kappa shape index (κ1) is 20.6. The summed E-state index contributed by atoms with van der Waals surface area (Å²) in [4.78, 5) is 11.7. The first-order chi connectivity index (χ1) is 11.6. The van der Waals surface area contributed by atoms with Crippen LogP contribution in [0.25, 0.3) is 0 Å². The van der Waals surface area contributed by atoms with Crippen LogP contribution >= 0.6 is 0 Å². The summed E-state index contributed by atoms with van der Waals surface area (Å²) < 4.78 is 28.3. The van der Waals surface area contributed by atoms with E-state index in [0.29, 0.717) is 12.8 Å². The summed E-state index contributed by atoms with van der Waals surface area (Å²) in [5.41, 5.74) is 9.88. The van der Waals surface area contributed by atoms with Crippen molar-refractivity contribution >= 4 is 23.3 Å². The lowest BCUT2D eigenvalue weighted by molar-refractivity contribution is -0.144. The smallest absolute Gasteiger partial charge is 0.451 e. The van der Waals surface area contributed by atoms with E-state index in [4.69, 9.17) is 21.5 Å². The van der Waals surface area contributed by atoms with Gasteiger partial charge in [-0.15, -0.1) is 0 Å². The Kier molecular flexibility index (Phi) is 6.47. The van der Waals surface area contributed by atoms with E-state index in [9.17, 15) is 18.3 Å². The van der Waals surface area contributed by atoms with Crippen molar-refractivity contribution < 1.29 is 28.4 Å². The minimum Gasteiger partial charge on any atom is -0.480 e. The maximum Gasteiger partial charge on any atom is 0.451 e. The Morgan fingerprint density at radius 2 is 2.00 bits per heavy atom. The minimum atomic E-state index is -3.83. The van der Waals surface area contributed by atoms with E-state index >= 15 is 0 Å². The van der Waals surface area contributed by atoms with Crippen LogP contribution < -0.4 is 11.5 Å². The van der Waals surface area contributed by atoms with E-state index in [1.54, 1.807) is 0 Å².